The number of carbonyl (C=O) groups excluding carboxylic acids is 2. The highest BCUT2D eigenvalue weighted by Crippen LogP contribution is 2.25. The number of amides is 1. The van der Waals surface area contributed by atoms with E-state index in [4.69, 9.17) is 22.7 Å². The van der Waals surface area contributed by atoms with Crippen molar-refractivity contribution in [2.45, 2.75) is 52.6 Å². The fourth-order valence-corrected chi connectivity index (χ4v) is 2.66. The van der Waals surface area contributed by atoms with Crippen LogP contribution >= 0.6 is 12.2 Å². The molecule has 1 fully saturated rings. The zero-order valence-corrected chi connectivity index (χ0v) is 14.7. The van der Waals surface area contributed by atoms with Crippen molar-refractivity contribution in [3.63, 3.8) is 0 Å². The first kappa shape index (κ1) is 18.8. The van der Waals surface area contributed by atoms with Gasteiger partial charge < -0.3 is 20.7 Å². The molecule has 6 nitrogen and oxygen atoms in total. The second-order valence-electron chi connectivity index (χ2n) is 6.70. The Labute approximate surface area is 137 Å². The molecule has 0 bridgehead atoms. The summed E-state index contributed by atoms with van der Waals surface area (Å²) in [7, 11) is 0. The third-order valence-electron chi connectivity index (χ3n) is 3.74. The Kier molecular flexibility index (Phi) is 6.74. The van der Waals surface area contributed by atoms with Gasteiger partial charge in [0, 0.05) is 20.0 Å². The Morgan fingerprint density at radius 2 is 2.09 bits per heavy atom. The lowest BCUT2D eigenvalue weighted by Crippen LogP contribution is -2.56. The number of hydrogen-bond acceptors (Lipinski definition) is 5. The SMILES string of the molecule is CC(=O)OCC1CCCN1C(=O)[C@@H](NC(=S)CN)C(C)(C)C. The molecule has 1 aliphatic heterocycles. The lowest BCUT2D eigenvalue weighted by Gasteiger charge is -2.36. The minimum atomic E-state index is -0.443. The summed E-state index contributed by atoms with van der Waals surface area (Å²) in [5, 5.41) is 3.08. The molecule has 1 saturated heterocycles. The number of ether oxygens (including phenoxy) is 1. The average Bonchev–Trinajstić information content (AvgIpc) is 2.88. The largest absolute Gasteiger partial charge is 0.464 e. The first-order chi connectivity index (χ1) is 10.2. The predicted octanol–water partition coefficient (Wildman–Crippen LogP) is 0.831. The number of nitrogens with two attached hydrogens (primary N) is 1. The number of hydrogen-bond donors (Lipinski definition) is 2. The Hall–Kier alpha value is -1.21. The minimum Gasteiger partial charge on any atom is -0.464 e. The second-order valence-corrected chi connectivity index (χ2v) is 7.19. The van der Waals surface area contributed by atoms with Gasteiger partial charge >= 0.3 is 5.97 Å². The van der Waals surface area contributed by atoms with Crippen LogP contribution in [0.5, 0.6) is 0 Å². The molecular weight excluding hydrogens is 302 g/mol. The van der Waals surface area contributed by atoms with Crippen LogP contribution in [0.15, 0.2) is 0 Å². The maximum absolute atomic E-state index is 12.9. The van der Waals surface area contributed by atoms with Crippen LogP contribution in [0, 0.1) is 5.41 Å². The molecule has 2 atom stereocenters. The van der Waals surface area contributed by atoms with Gasteiger partial charge in [0.15, 0.2) is 0 Å². The Morgan fingerprint density at radius 3 is 2.59 bits per heavy atom. The van der Waals surface area contributed by atoms with Crippen LogP contribution in [0.4, 0.5) is 0 Å². The third-order valence-corrected chi connectivity index (χ3v) is 4.03. The molecule has 1 heterocycles. The van der Waals surface area contributed by atoms with E-state index in [2.05, 4.69) is 5.32 Å². The van der Waals surface area contributed by atoms with Crippen molar-refractivity contribution in [1.29, 1.82) is 0 Å². The van der Waals surface area contributed by atoms with E-state index in [0.29, 0.717) is 11.5 Å². The van der Waals surface area contributed by atoms with E-state index in [1.165, 1.54) is 6.92 Å². The fraction of sp³-hybridized carbons (Fsp3) is 0.800. The standard InChI is InChI=1S/C15H27N3O3S/c1-10(19)21-9-11-6-5-7-18(11)14(20)13(15(2,3)4)17-12(22)8-16/h11,13H,5-9,16H2,1-4H3,(H,17,22)/t11?,13-/m1/s1. The molecule has 1 aliphatic rings. The summed E-state index contributed by atoms with van der Waals surface area (Å²) in [6.45, 7) is 8.47. The molecule has 1 amide bonds. The highest BCUT2D eigenvalue weighted by atomic mass is 32.1. The molecular formula is C15H27N3O3S. The van der Waals surface area contributed by atoms with Crippen molar-refractivity contribution in [1.82, 2.24) is 10.2 Å². The maximum Gasteiger partial charge on any atom is 0.302 e. The van der Waals surface area contributed by atoms with Crippen molar-refractivity contribution >= 4 is 29.1 Å². The molecule has 0 spiro atoms. The van der Waals surface area contributed by atoms with E-state index < -0.39 is 6.04 Å². The van der Waals surface area contributed by atoms with E-state index >= 15 is 0 Å². The molecule has 0 aromatic carbocycles. The van der Waals surface area contributed by atoms with E-state index in [1.807, 2.05) is 20.8 Å². The van der Waals surface area contributed by atoms with Crippen LogP contribution in [0.2, 0.25) is 0 Å². The highest BCUT2D eigenvalue weighted by Gasteiger charge is 2.39. The summed E-state index contributed by atoms with van der Waals surface area (Å²) in [5.74, 6) is -0.341. The summed E-state index contributed by atoms with van der Waals surface area (Å²) in [6.07, 6.45) is 1.76. The smallest absolute Gasteiger partial charge is 0.302 e. The summed E-state index contributed by atoms with van der Waals surface area (Å²) in [4.78, 5) is 26.2. The summed E-state index contributed by atoms with van der Waals surface area (Å²) >= 11 is 5.13. The number of nitrogens with one attached hydrogen (secondary N) is 1. The number of likely N-dealkylation sites (tertiary alicyclic amines) is 1. The lowest BCUT2D eigenvalue weighted by atomic mass is 9.85. The van der Waals surface area contributed by atoms with Crippen LogP contribution in [0.3, 0.4) is 0 Å². The van der Waals surface area contributed by atoms with Gasteiger partial charge in [-0.1, -0.05) is 33.0 Å². The molecule has 126 valence electrons. The molecule has 0 radical (unpaired) electrons. The summed E-state index contributed by atoms with van der Waals surface area (Å²) in [6, 6.07) is -0.504. The topological polar surface area (TPSA) is 84.7 Å². The Bertz CT molecular complexity index is 434. The molecule has 22 heavy (non-hydrogen) atoms. The van der Waals surface area contributed by atoms with Gasteiger partial charge in [-0.05, 0) is 18.3 Å². The van der Waals surface area contributed by atoms with Crippen molar-refractivity contribution in [3.8, 4) is 0 Å². The van der Waals surface area contributed by atoms with Crippen molar-refractivity contribution in [2.75, 3.05) is 19.7 Å². The zero-order chi connectivity index (χ0) is 16.9. The molecule has 7 heteroatoms. The lowest BCUT2D eigenvalue weighted by molar-refractivity contribution is -0.146. The zero-order valence-electron chi connectivity index (χ0n) is 13.8. The van der Waals surface area contributed by atoms with Crippen LogP contribution in [0.1, 0.15) is 40.5 Å². The first-order valence-electron chi connectivity index (χ1n) is 7.60. The third kappa shape index (κ3) is 5.21. The molecule has 0 aromatic rings. The average molecular weight is 329 g/mol. The normalized spacial score (nSPS) is 19.7. The van der Waals surface area contributed by atoms with Gasteiger partial charge in [-0.25, -0.2) is 0 Å². The van der Waals surface area contributed by atoms with E-state index in [9.17, 15) is 9.59 Å². The molecule has 3 N–H and O–H groups in total. The summed E-state index contributed by atoms with van der Waals surface area (Å²) in [5.41, 5.74) is 5.24. The number of nitrogens with zero attached hydrogens (tertiary/aromatic N) is 1. The number of carbonyl (C=O) groups is 2. The quantitative estimate of drug-likeness (QED) is 0.574. The molecule has 0 saturated carbocycles. The van der Waals surface area contributed by atoms with Crippen LogP contribution < -0.4 is 11.1 Å². The monoisotopic (exact) mass is 329 g/mol. The van der Waals surface area contributed by atoms with Crippen molar-refractivity contribution in [3.05, 3.63) is 0 Å². The van der Waals surface area contributed by atoms with E-state index in [-0.39, 0.29) is 36.5 Å². The van der Waals surface area contributed by atoms with Crippen molar-refractivity contribution in [2.24, 2.45) is 11.1 Å². The van der Waals surface area contributed by atoms with Gasteiger partial charge in [-0.2, -0.15) is 0 Å². The second kappa shape index (κ2) is 7.87. The van der Waals surface area contributed by atoms with Gasteiger partial charge in [0.05, 0.1) is 11.0 Å². The van der Waals surface area contributed by atoms with Gasteiger partial charge in [0.2, 0.25) is 5.91 Å². The number of thiocarbonyl (C=S) groups is 1. The number of rotatable bonds is 5. The van der Waals surface area contributed by atoms with Crippen LogP contribution in [-0.2, 0) is 14.3 Å². The molecule has 1 unspecified atom stereocenters. The first-order valence-corrected chi connectivity index (χ1v) is 8.01. The molecule has 0 aliphatic carbocycles. The van der Waals surface area contributed by atoms with E-state index in [0.717, 1.165) is 12.8 Å². The minimum absolute atomic E-state index is 0.0158. The summed E-state index contributed by atoms with van der Waals surface area (Å²) < 4.78 is 5.07. The van der Waals surface area contributed by atoms with Gasteiger partial charge in [0.25, 0.3) is 0 Å². The van der Waals surface area contributed by atoms with E-state index in [1.54, 1.807) is 4.90 Å². The highest BCUT2D eigenvalue weighted by molar-refractivity contribution is 7.80. The predicted molar refractivity (Wildman–Crippen MR) is 89.4 cm³/mol. The molecule has 0 aromatic heterocycles. The van der Waals surface area contributed by atoms with Crippen molar-refractivity contribution < 1.29 is 14.3 Å². The Balaban J connectivity index is 2.83. The fourth-order valence-electron chi connectivity index (χ4n) is 2.55. The van der Waals surface area contributed by atoms with Crippen LogP contribution in [-0.4, -0.2) is 53.5 Å². The number of esters is 1. The van der Waals surface area contributed by atoms with Crippen LogP contribution in [0.25, 0.3) is 0 Å². The van der Waals surface area contributed by atoms with Gasteiger partial charge in [-0.15, -0.1) is 0 Å². The van der Waals surface area contributed by atoms with Gasteiger partial charge in [0.1, 0.15) is 12.6 Å². The maximum atomic E-state index is 12.9. The van der Waals surface area contributed by atoms with Gasteiger partial charge in [-0.3, -0.25) is 9.59 Å². The molecule has 1 rings (SSSR count). The Morgan fingerprint density at radius 1 is 1.45 bits per heavy atom.